The topological polar surface area (TPSA) is 87.7 Å². The van der Waals surface area contributed by atoms with Gasteiger partial charge in [0.2, 0.25) is 11.8 Å². The number of hydrogen-bond donors (Lipinski definition) is 3. The first-order valence-corrected chi connectivity index (χ1v) is 7.93. The van der Waals surface area contributed by atoms with Crippen molar-refractivity contribution in [3.63, 3.8) is 0 Å². The van der Waals surface area contributed by atoms with Crippen molar-refractivity contribution in [3.8, 4) is 0 Å². The molecule has 2 aliphatic rings. The first kappa shape index (κ1) is 16.4. The van der Waals surface area contributed by atoms with Gasteiger partial charge in [-0.1, -0.05) is 19.8 Å². The fourth-order valence-corrected chi connectivity index (χ4v) is 2.99. The first-order chi connectivity index (χ1) is 10.1. The van der Waals surface area contributed by atoms with Gasteiger partial charge in [-0.25, -0.2) is 0 Å². The molecule has 21 heavy (non-hydrogen) atoms. The van der Waals surface area contributed by atoms with Gasteiger partial charge in [-0.05, 0) is 25.2 Å². The van der Waals surface area contributed by atoms with Gasteiger partial charge >= 0.3 is 0 Å². The predicted octanol–water partition coefficient (Wildman–Crippen LogP) is 0.337. The van der Waals surface area contributed by atoms with Crippen LogP contribution in [0.2, 0.25) is 0 Å². The number of carbonyl (C=O) groups is 2. The summed E-state index contributed by atoms with van der Waals surface area (Å²) in [6.45, 7) is 2.78. The normalized spacial score (nSPS) is 31.8. The third-order valence-electron chi connectivity index (χ3n) is 4.37. The minimum absolute atomic E-state index is 0.229. The molecule has 6 nitrogen and oxygen atoms in total. The lowest BCUT2D eigenvalue weighted by Gasteiger charge is -2.30. The van der Waals surface area contributed by atoms with Crippen LogP contribution in [0.25, 0.3) is 0 Å². The molecule has 0 aromatic heterocycles. The number of piperidine rings is 1. The molecule has 4 atom stereocenters. The molecule has 0 aromatic carbocycles. The molecule has 1 aliphatic carbocycles. The van der Waals surface area contributed by atoms with Crippen LogP contribution in [0.5, 0.6) is 0 Å². The van der Waals surface area contributed by atoms with Gasteiger partial charge in [0, 0.05) is 13.0 Å². The van der Waals surface area contributed by atoms with E-state index in [0.29, 0.717) is 25.3 Å². The fourth-order valence-electron chi connectivity index (χ4n) is 2.99. The Hall–Kier alpha value is -0.980. The highest BCUT2D eigenvalue weighted by Gasteiger charge is 2.27. The summed E-state index contributed by atoms with van der Waals surface area (Å²) in [4.78, 5) is 22.6. The lowest BCUT2D eigenvalue weighted by Crippen LogP contribution is -2.52. The maximum absolute atomic E-state index is 11.6. The number of aliphatic hydroxyl groups is 1. The molecule has 1 aliphatic heterocycles. The zero-order valence-electron chi connectivity index (χ0n) is 12.6. The summed E-state index contributed by atoms with van der Waals surface area (Å²) in [5.41, 5.74) is 0. The van der Waals surface area contributed by atoms with E-state index in [9.17, 15) is 14.7 Å². The van der Waals surface area contributed by atoms with Crippen molar-refractivity contribution >= 4 is 11.8 Å². The van der Waals surface area contributed by atoms with E-state index in [2.05, 4.69) is 17.6 Å². The molecule has 1 heterocycles. The lowest BCUT2D eigenvalue weighted by molar-refractivity contribution is -0.134. The van der Waals surface area contributed by atoms with Gasteiger partial charge < -0.3 is 15.2 Å². The average Bonchev–Trinajstić information content (AvgIpc) is 2.45. The molecule has 0 spiro atoms. The van der Waals surface area contributed by atoms with Gasteiger partial charge in [0.15, 0.2) is 0 Å². The Morgan fingerprint density at radius 2 is 2.10 bits per heavy atom. The average molecular weight is 298 g/mol. The molecule has 2 rings (SSSR count). The number of nitrogens with one attached hydrogen (secondary N) is 2. The van der Waals surface area contributed by atoms with E-state index in [1.807, 2.05) is 0 Å². The summed E-state index contributed by atoms with van der Waals surface area (Å²) in [7, 11) is 0. The summed E-state index contributed by atoms with van der Waals surface area (Å²) in [5, 5.41) is 15.2. The highest BCUT2D eigenvalue weighted by atomic mass is 16.5. The molecular weight excluding hydrogens is 272 g/mol. The SMILES string of the molecule is CC1CCCCC1OCC(O)CNC1CCC(=O)NC1=O. The summed E-state index contributed by atoms with van der Waals surface area (Å²) in [6, 6.07) is -0.397. The van der Waals surface area contributed by atoms with Crippen LogP contribution in [0.4, 0.5) is 0 Å². The van der Waals surface area contributed by atoms with E-state index >= 15 is 0 Å². The van der Waals surface area contributed by atoms with E-state index in [4.69, 9.17) is 4.74 Å². The number of hydrogen-bond acceptors (Lipinski definition) is 5. The predicted molar refractivity (Wildman–Crippen MR) is 77.6 cm³/mol. The Balaban J connectivity index is 1.64. The van der Waals surface area contributed by atoms with Crippen molar-refractivity contribution in [2.75, 3.05) is 13.2 Å². The van der Waals surface area contributed by atoms with Crippen molar-refractivity contribution in [1.82, 2.24) is 10.6 Å². The summed E-state index contributed by atoms with van der Waals surface area (Å²) in [5.74, 6) is 0.0162. The maximum Gasteiger partial charge on any atom is 0.243 e. The number of carbonyl (C=O) groups excluding carboxylic acids is 2. The molecular formula is C15H26N2O4. The molecule has 6 heteroatoms. The second-order valence-corrected chi connectivity index (χ2v) is 6.20. The molecule has 0 bridgehead atoms. The van der Waals surface area contributed by atoms with Crippen LogP contribution in [-0.2, 0) is 14.3 Å². The fraction of sp³-hybridized carbons (Fsp3) is 0.867. The number of rotatable bonds is 6. The highest BCUT2D eigenvalue weighted by Crippen LogP contribution is 2.26. The van der Waals surface area contributed by atoms with Crippen molar-refractivity contribution in [1.29, 1.82) is 0 Å². The van der Waals surface area contributed by atoms with Crippen LogP contribution in [0.1, 0.15) is 45.4 Å². The second kappa shape index (κ2) is 7.87. The third kappa shape index (κ3) is 5.05. The van der Waals surface area contributed by atoms with Crippen LogP contribution in [-0.4, -0.2) is 48.3 Å². The smallest absolute Gasteiger partial charge is 0.243 e. The van der Waals surface area contributed by atoms with Crippen LogP contribution in [0.15, 0.2) is 0 Å². The Labute approximate surface area is 125 Å². The largest absolute Gasteiger partial charge is 0.389 e. The van der Waals surface area contributed by atoms with Gasteiger partial charge in [0.1, 0.15) is 0 Å². The van der Waals surface area contributed by atoms with Crippen LogP contribution in [0.3, 0.4) is 0 Å². The zero-order chi connectivity index (χ0) is 15.2. The Morgan fingerprint density at radius 3 is 2.81 bits per heavy atom. The van der Waals surface area contributed by atoms with Gasteiger partial charge in [-0.3, -0.25) is 14.9 Å². The maximum atomic E-state index is 11.6. The van der Waals surface area contributed by atoms with Crippen molar-refractivity contribution in [2.45, 2.75) is 63.7 Å². The molecule has 0 radical (unpaired) electrons. The van der Waals surface area contributed by atoms with E-state index in [1.165, 1.54) is 19.3 Å². The van der Waals surface area contributed by atoms with E-state index in [1.54, 1.807) is 0 Å². The van der Waals surface area contributed by atoms with Gasteiger partial charge in [-0.15, -0.1) is 0 Å². The zero-order valence-corrected chi connectivity index (χ0v) is 12.6. The molecule has 0 aromatic rings. The standard InChI is InChI=1S/C15H26N2O4/c1-10-4-2-3-5-13(10)21-9-11(18)8-16-12-6-7-14(19)17-15(12)20/h10-13,16,18H,2-9H2,1H3,(H,17,19,20). The monoisotopic (exact) mass is 298 g/mol. The molecule has 4 unspecified atom stereocenters. The molecule has 120 valence electrons. The number of amides is 2. The van der Waals surface area contributed by atoms with Crippen LogP contribution >= 0.6 is 0 Å². The van der Waals surface area contributed by atoms with Crippen molar-refractivity contribution in [3.05, 3.63) is 0 Å². The molecule has 1 saturated carbocycles. The Bertz CT molecular complexity index is 375. The number of ether oxygens (including phenoxy) is 1. The van der Waals surface area contributed by atoms with E-state index < -0.39 is 12.1 Å². The number of imide groups is 1. The quantitative estimate of drug-likeness (QED) is 0.615. The van der Waals surface area contributed by atoms with Gasteiger partial charge in [0.25, 0.3) is 0 Å². The Kier molecular flexibility index (Phi) is 6.14. The minimum Gasteiger partial charge on any atom is -0.389 e. The second-order valence-electron chi connectivity index (χ2n) is 6.20. The molecule has 2 amide bonds. The van der Waals surface area contributed by atoms with Gasteiger partial charge in [0.05, 0.1) is 24.9 Å². The van der Waals surface area contributed by atoms with Crippen molar-refractivity contribution in [2.24, 2.45) is 5.92 Å². The molecule has 2 fully saturated rings. The minimum atomic E-state index is -0.635. The van der Waals surface area contributed by atoms with Crippen LogP contribution in [0, 0.1) is 5.92 Å². The highest BCUT2D eigenvalue weighted by molar-refractivity contribution is 6.00. The molecule has 3 N–H and O–H groups in total. The Morgan fingerprint density at radius 1 is 1.33 bits per heavy atom. The third-order valence-corrected chi connectivity index (χ3v) is 4.37. The summed E-state index contributed by atoms with van der Waals surface area (Å²) in [6.07, 6.45) is 5.14. The van der Waals surface area contributed by atoms with Crippen LogP contribution < -0.4 is 10.6 Å². The summed E-state index contributed by atoms with van der Waals surface area (Å²) >= 11 is 0. The van der Waals surface area contributed by atoms with Crippen molar-refractivity contribution < 1.29 is 19.4 Å². The van der Waals surface area contributed by atoms with E-state index in [0.717, 1.165) is 6.42 Å². The number of aliphatic hydroxyl groups excluding tert-OH is 1. The molecule has 1 saturated heterocycles. The lowest BCUT2D eigenvalue weighted by atomic mass is 9.88. The van der Waals surface area contributed by atoms with E-state index in [-0.39, 0.29) is 24.5 Å². The first-order valence-electron chi connectivity index (χ1n) is 7.93. The summed E-state index contributed by atoms with van der Waals surface area (Å²) < 4.78 is 5.80. The van der Waals surface area contributed by atoms with Gasteiger partial charge in [-0.2, -0.15) is 0 Å².